The number of pyridine rings is 1. The van der Waals surface area contributed by atoms with Gasteiger partial charge in [-0.05, 0) is 24.6 Å². The van der Waals surface area contributed by atoms with Crippen LogP contribution in [-0.4, -0.2) is 47.4 Å². The van der Waals surface area contributed by atoms with E-state index in [0.29, 0.717) is 24.5 Å². The molecule has 0 aliphatic heterocycles. The third-order valence-electron chi connectivity index (χ3n) is 4.65. The SMILES string of the molecule is COc1cc2ncc(-c3nc4ccccc4[nH]3)c(NCCCO)c2cc1OC. The van der Waals surface area contributed by atoms with E-state index in [1.807, 2.05) is 36.4 Å². The fourth-order valence-corrected chi connectivity index (χ4v) is 3.26. The lowest BCUT2D eigenvalue weighted by molar-refractivity contribution is 0.292. The molecule has 4 aromatic rings. The molecule has 0 unspecified atom stereocenters. The van der Waals surface area contributed by atoms with E-state index in [2.05, 4.69) is 15.3 Å². The van der Waals surface area contributed by atoms with Crippen LogP contribution in [0.25, 0.3) is 33.3 Å². The monoisotopic (exact) mass is 378 g/mol. The van der Waals surface area contributed by atoms with Gasteiger partial charge in [0.25, 0.3) is 0 Å². The van der Waals surface area contributed by atoms with Crippen LogP contribution < -0.4 is 14.8 Å². The number of methoxy groups -OCH3 is 2. The number of H-pyrrole nitrogens is 1. The molecule has 28 heavy (non-hydrogen) atoms. The fourth-order valence-electron chi connectivity index (χ4n) is 3.26. The molecule has 0 spiro atoms. The highest BCUT2D eigenvalue weighted by Gasteiger charge is 2.16. The average Bonchev–Trinajstić information content (AvgIpc) is 3.16. The van der Waals surface area contributed by atoms with Gasteiger partial charge in [0.05, 0.1) is 42.0 Å². The Bertz CT molecular complexity index is 1090. The van der Waals surface area contributed by atoms with E-state index in [1.165, 1.54) is 0 Å². The molecule has 0 fully saturated rings. The summed E-state index contributed by atoms with van der Waals surface area (Å²) in [7, 11) is 3.21. The van der Waals surface area contributed by atoms with Crippen molar-refractivity contribution in [2.45, 2.75) is 6.42 Å². The zero-order valence-electron chi connectivity index (χ0n) is 15.8. The summed E-state index contributed by atoms with van der Waals surface area (Å²) in [5.74, 6) is 1.99. The van der Waals surface area contributed by atoms with Crippen LogP contribution in [0.5, 0.6) is 11.5 Å². The summed E-state index contributed by atoms with van der Waals surface area (Å²) in [4.78, 5) is 12.7. The molecule has 0 bridgehead atoms. The molecule has 3 N–H and O–H groups in total. The van der Waals surface area contributed by atoms with Crippen molar-refractivity contribution in [2.75, 3.05) is 32.7 Å². The number of fused-ring (bicyclic) bond motifs is 2. The van der Waals surface area contributed by atoms with Crippen LogP contribution in [-0.2, 0) is 0 Å². The molecule has 0 amide bonds. The van der Waals surface area contributed by atoms with Crippen molar-refractivity contribution in [3.8, 4) is 22.9 Å². The molecule has 2 aromatic carbocycles. The Morgan fingerprint density at radius 3 is 2.61 bits per heavy atom. The van der Waals surface area contributed by atoms with Crippen molar-refractivity contribution < 1.29 is 14.6 Å². The van der Waals surface area contributed by atoms with Crippen molar-refractivity contribution in [1.29, 1.82) is 0 Å². The molecule has 0 aliphatic rings. The van der Waals surface area contributed by atoms with Gasteiger partial charge in [0.2, 0.25) is 0 Å². The summed E-state index contributed by atoms with van der Waals surface area (Å²) in [5.41, 5.74) is 4.38. The Hall–Kier alpha value is -3.32. The van der Waals surface area contributed by atoms with Crippen molar-refractivity contribution in [2.24, 2.45) is 0 Å². The van der Waals surface area contributed by atoms with Crippen LogP contribution >= 0.6 is 0 Å². The number of hydrogen-bond donors (Lipinski definition) is 3. The minimum Gasteiger partial charge on any atom is -0.493 e. The number of aromatic amines is 1. The van der Waals surface area contributed by atoms with Gasteiger partial charge >= 0.3 is 0 Å². The summed E-state index contributed by atoms with van der Waals surface area (Å²) in [6.45, 7) is 0.740. The number of imidazole rings is 1. The van der Waals surface area contributed by atoms with Crippen molar-refractivity contribution in [1.82, 2.24) is 15.0 Å². The first-order valence-corrected chi connectivity index (χ1v) is 9.09. The zero-order valence-corrected chi connectivity index (χ0v) is 15.8. The van der Waals surface area contributed by atoms with Gasteiger partial charge in [-0.25, -0.2) is 4.98 Å². The van der Waals surface area contributed by atoms with E-state index in [-0.39, 0.29) is 6.61 Å². The smallest absolute Gasteiger partial charge is 0.162 e. The zero-order chi connectivity index (χ0) is 19.5. The van der Waals surface area contributed by atoms with Crippen LogP contribution in [0.1, 0.15) is 6.42 Å². The lowest BCUT2D eigenvalue weighted by Gasteiger charge is -2.15. The summed E-state index contributed by atoms with van der Waals surface area (Å²) in [5, 5.41) is 13.5. The lowest BCUT2D eigenvalue weighted by Crippen LogP contribution is -2.06. The number of hydrogen-bond acceptors (Lipinski definition) is 6. The molecule has 7 nitrogen and oxygen atoms in total. The quantitative estimate of drug-likeness (QED) is 0.426. The molecule has 0 saturated carbocycles. The highest BCUT2D eigenvalue weighted by molar-refractivity contribution is 6.00. The minimum absolute atomic E-state index is 0.118. The number of nitrogens with zero attached hydrogens (tertiary/aromatic N) is 2. The second kappa shape index (κ2) is 7.74. The average molecular weight is 378 g/mol. The number of nitrogens with one attached hydrogen (secondary N) is 2. The fraction of sp³-hybridized carbons (Fsp3) is 0.238. The molecular formula is C21H22N4O3. The maximum Gasteiger partial charge on any atom is 0.162 e. The highest BCUT2D eigenvalue weighted by atomic mass is 16.5. The minimum atomic E-state index is 0.118. The Labute approximate surface area is 162 Å². The number of ether oxygens (including phenoxy) is 2. The molecule has 2 aromatic heterocycles. The number of aromatic nitrogens is 3. The number of anilines is 1. The number of aliphatic hydroxyl groups excluding tert-OH is 1. The molecule has 0 radical (unpaired) electrons. The van der Waals surface area contributed by atoms with Gasteiger partial charge in [0.1, 0.15) is 5.82 Å². The van der Waals surface area contributed by atoms with Gasteiger partial charge in [-0.1, -0.05) is 12.1 Å². The number of aliphatic hydroxyl groups is 1. The van der Waals surface area contributed by atoms with Crippen LogP contribution in [0.2, 0.25) is 0 Å². The lowest BCUT2D eigenvalue weighted by atomic mass is 10.1. The van der Waals surface area contributed by atoms with E-state index in [0.717, 1.165) is 39.0 Å². The number of rotatable bonds is 7. The maximum atomic E-state index is 9.18. The van der Waals surface area contributed by atoms with Gasteiger partial charge in [0, 0.05) is 30.8 Å². The molecule has 4 rings (SSSR count). The largest absolute Gasteiger partial charge is 0.493 e. The molecule has 2 heterocycles. The third-order valence-corrected chi connectivity index (χ3v) is 4.65. The summed E-state index contributed by atoms with van der Waals surface area (Å²) in [6, 6.07) is 11.7. The first-order chi connectivity index (χ1) is 13.7. The predicted octanol–water partition coefficient (Wildman–Crippen LogP) is 3.59. The van der Waals surface area contributed by atoms with E-state index in [9.17, 15) is 5.11 Å². The van der Waals surface area contributed by atoms with Gasteiger partial charge in [-0.3, -0.25) is 4.98 Å². The molecule has 0 aliphatic carbocycles. The number of para-hydroxylation sites is 2. The van der Waals surface area contributed by atoms with E-state index < -0.39 is 0 Å². The van der Waals surface area contributed by atoms with E-state index in [4.69, 9.17) is 14.5 Å². The van der Waals surface area contributed by atoms with Crippen LogP contribution in [0.15, 0.2) is 42.6 Å². The van der Waals surface area contributed by atoms with Crippen molar-refractivity contribution in [3.63, 3.8) is 0 Å². The van der Waals surface area contributed by atoms with Crippen LogP contribution in [0.3, 0.4) is 0 Å². The Morgan fingerprint density at radius 2 is 1.86 bits per heavy atom. The van der Waals surface area contributed by atoms with E-state index in [1.54, 1.807) is 20.4 Å². The van der Waals surface area contributed by atoms with Crippen molar-refractivity contribution in [3.05, 3.63) is 42.6 Å². The Morgan fingerprint density at radius 1 is 1.07 bits per heavy atom. The summed E-state index contributed by atoms with van der Waals surface area (Å²) >= 11 is 0. The standard InChI is InChI=1S/C21H22N4O3/c1-27-18-10-13-17(11-19(18)28-2)23-12-14(20(13)22-8-5-9-26)21-24-15-6-3-4-7-16(15)25-21/h3-4,6-7,10-12,26H,5,8-9H2,1-2H3,(H,22,23)(H,24,25). The Kier molecular flexibility index (Phi) is 4.99. The molecular weight excluding hydrogens is 356 g/mol. The normalized spacial score (nSPS) is 11.1. The van der Waals surface area contributed by atoms with Crippen LogP contribution in [0, 0.1) is 0 Å². The second-order valence-corrected chi connectivity index (χ2v) is 6.38. The first-order valence-electron chi connectivity index (χ1n) is 9.09. The van der Waals surface area contributed by atoms with E-state index >= 15 is 0 Å². The predicted molar refractivity (Wildman–Crippen MR) is 110 cm³/mol. The van der Waals surface area contributed by atoms with Gasteiger partial charge in [-0.15, -0.1) is 0 Å². The topological polar surface area (TPSA) is 92.3 Å². The van der Waals surface area contributed by atoms with Gasteiger partial charge < -0.3 is 24.9 Å². The van der Waals surface area contributed by atoms with Gasteiger partial charge in [-0.2, -0.15) is 0 Å². The van der Waals surface area contributed by atoms with Crippen LogP contribution in [0.4, 0.5) is 5.69 Å². The first kappa shape index (κ1) is 18.1. The maximum absolute atomic E-state index is 9.18. The highest BCUT2D eigenvalue weighted by Crippen LogP contribution is 2.38. The second-order valence-electron chi connectivity index (χ2n) is 6.38. The molecule has 144 valence electrons. The molecule has 0 saturated heterocycles. The summed E-state index contributed by atoms with van der Waals surface area (Å²) < 4.78 is 10.9. The number of benzene rings is 2. The Balaban J connectivity index is 1.92. The van der Waals surface area contributed by atoms with Crippen molar-refractivity contribution >= 4 is 27.6 Å². The molecule has 0 atom stereocenters. The summed E-state index contributed by atoms with van der Waals surface area (Å²) in [6.07, 6.45) is 2.43. The third kappa shape index (κ3) is 3.20. The van der Waals surface area contributed by atoms with Gasteiger partial charge in [0.15, 0.2) is 11.5 Å². The molecule has 7 heteroatoms.